The summed E-state index contributed by atoms with van der Waals surface area (Å²) in [5.41, 5.74) is -0.704. The van der Waals surface area contributed by atoms with Crippen LogP contribution in [0.1, 0.15) is 5.56 Å². The summed E-state index contributed by atoms with van der Waals surface area (Å²) in [7, 11) is 1.42. The van der Waals surface area contributed by atoms with Gasteiger partial charge in [0.1, 0.15) is 0 Å². The van der Waals surface area contributed by atoms with E-state index in [1.807, 2.05) is 0 Å². The Kier molecular flexibility index (Phi) is 2.21. The third-order valence-corrected chi connectivity index (χ3v) is 1.40. The summed E-state index contributed by atoms with van der Waals surface area (Å²) in [6.45, 7) is 0. The number of alkyl halides is 3. The standard InChI is InChI=1S/C7H7F3N2/c1-11-6-4-12-3-2-5(6)7(8,9)10/h2-4,11H,1H3. The zero-order valence-electron chi connectivity index (χ0n) is 6.31. The Hall–Kier alpha value is -1.26. The molecule has 1 heterocycles. The van der Waals surface area contributed by atoms with Crippen molar-refractivity contribution in [2.24, 2.45) is 0 Å². The summed E-state index contributed by atoms with van der Waals surface area (Å²) in [6.07, 6.45) is -2.06. The molecule has 1 N–H and O–H groups in total. The highest BCUT2D eigenvalue weighted by atomic mass is 19.4. The number of pyridine rings is 1. The van der Waals surface area contributed by atoms with Crippen LogP contribution in [0.15, 0.2) is 18.5 Å². The fourth-order valence-corrected chi connectivity index (χ4v) is 0.841. The third kappa shape index (κ3) is 1.66. The van der Waals surface area contributed by atoms with Crippen molar-refractivity contribution in [1.29, 1.82) is 0 Å². The molecule has 0 fully saturated rings. The number of anilines is 1. The molecule has 0 aliphatic rings. The average Bonchev–Trinajstić information content (AvgIpc) is 2.03. The summed E-state index contributed by atoms with van der Waals surface area (Å²) in [5, 5.41) is 2.42. The molecule has 12 heavy (non-hydrogen) atoms. The molecule has 0 radical (unpaired) electrons. The Morgan fingerprint density at radius 1 is 1.42 bits per heavy atom. The molecule has 1 aromatic rings. The fourth-order valence-electron chi connectivity index (χ4n) is 0.841. The predicted octanol–water partition coefficient (Wildman–Crippen LogP) is 2.14. The molecular weight excluding hydrogens is 169 g/mol. The van der Waals surface area contributed by atoms with Crippen LogP contribution in [-0.4, -0.2) is 12.0 Å². The second kappa shape index (κ2) is 3.00. The van der Waals surface area contributed by atoms with E-state index >= 15 is 0 Å². The van der Waals surface area contributed by atoms with Crippen molar-refractivity contribution < 1.29 is 13.2 Å². The lowest BCUT2D eigenvalue weighted by Gasteiger charge is -2.10. The van der Waals surface area contributed by atoms with Gasteiger partial charge in [0.15, 0.2) is 0 Å². The van der Waals surface area contributed by atoms with Gasteiger partial charge in [-0.1, -0.05) is 0 Å². The van der Waals surface area contributed by atoms with Gasteiger partial charge in [0.2, 0.25) is 0 Å². The predicted molar refractivity (Wildman–Crippen MR) is 38.8 cm³/mol. The van der Waals surface area contributed by atoms with Crippen LogP contribution in [0, 0.1) is 0 Å². The number of halogens is 3. The van der Waals surface area contributed by atoms with Crippen molar-refractivity contribution in [3.8, 4) is 0 Å². The van der Waals surface area contributed by atoms with Gasteiger partial charge in [-0.3, -0.25) is 4.98 Å². The first-order valence-electron chi connectivity index (χ1n) is 3.24. The van der Waals surface area contributed by atoms with Crippen molar-refractivity contribution in [3.63, 3.8) is 0 Å². The van der Waals surface area contributed by atoms with Gasteiger partial charge in [0, 0.05) is 13.2 Å². The van der Waals surface area contributed by atoms with E-state index < -0.39 is 11.7 Å². The van der Waals surface area contributed by atoms with Crippen LogP contribution in [0.2, 0.25) is 0 Å². The van der Waals surface area contributed by atoms with Crippen LogP contribution in [-0.2, 0) is 6.18 Å². The van der Waals surface area contributed by atoms with E-state index in [0.717, 1.165) is 18.5 Å². The summed E-state index contributed by atoms with van der Waals surface area (Å²) in [5.74, 6) is 0. The number of hydrogen-bond acceptors (Lipinski definition) is 2. The fraction of sp³-hybridized carbons (Fsp3) is 0.286. The summed E-state index contributed by atoms with van der Waals surface area (Å²) in [4.78, 5) is 3.57. The Bertz CT molecular complexity index is 270. The van der Waals surface area contributed by atoms with Gasteiger partial charge in [-0.2, -0.15) is 13.2 Å². The molecule has 2 nitrogen and oxygen atoms in total. The van der Waals surface area contributed by atoms with E-state index in [9.17, 15) is 13.2 Å². The second-order valence-corrected chi connectivity index (χ2v) is 2.17. The zero-order chi connectivity index (χ0) is 9.19. The monoisotopic (exact) mass is 176 g/mol. The third-order valence-electron chi connectivity index (χ3n) is 1.40. The maximum atomic E-state index is 12.2. The van der Waals surface area contributed by atoms with E-state index in [2.05, 4.69) is 10.3 Å². The quantitative estimate of drug-likeness (QED) is 0.709. The largest absolute Gasteiger partial charge is 0.418 e. The molecule has 0 unspecified atom stereocenters. The molecule has 0 aliphatic carbocycles. The van der Waals surface area contributed by atoms with Crippen molar-refractivity contribution in [2.75, 3.05) is 12.4 Å². The Morgan fingerprint density at radius 3 is 2.50 bits per heavy atom. The molecule has 1 aromatic heterocycles. The molecule has 0 spiro atoms. The topological polar surface area (TPSA) is 24.9 Å². The molecule has 0 aliphatic heterocycles. The van der Waals surface area contributed by atoms with Crippen LogP contribution in [0.25, 0.3) is 0 Å². The number of hydrogen-bond donors (Lipinski definition) is 1. The molecular formula is C7H7F3N2. The summed E-state index contributed by atoms with van der Waals surface area (Å²) in [6, 6.07) is 0.936. The minimum atomic E-state index is -4.32. The first-order valence-corrected chi connectivity index (χ1v) is 3.24. The molecule has 0 aromatic carbocycles. The molecule has 0 saturated carbocycles. The average molecular weight is 176 g/mol. The SMILES string of the molecule is CNc1cnccc1C(F)(F)F. The number of rotatable bonds is 1. The van der Waals surface area contributed by atoms with Crippen LogP contribution in [0.4, 0.5) is 18.9 Å². The first-order chi connectivity index (χ1) is 5.55. The lowest BCUT2D eigenvalue weighted by molar-refractivity contribution is -0.137. The lowest BCUT2D eigenvalue weighted by Crippen LogP contribution is -2.08. The molecule has 0 amide bonds. The highest BCUT2D eigenvalue weighted by Gasteiger charge is 2.32. The van der Waals surface area contributed by atoms with Crippen molar-refractivity contribution in [2.45, 2.75) is 6.18 Å². The van der Waals surface area contributed by atoms with Crippen LogP contribution in [0.5, 0.6) is 0 Å². The van der Waals surface area contributed by atoms with Crippen LogP contribution < -0.4 is 5.32 Å². The van der Waals surface area contributed by atoms with Gasteiger partial charge in [0.25, 0.3) is 0 Å². The van der Waals surface area contributed by atoms with Crippen LogP contribution >= 0.6 is 0 Å². The van der Waals surface area contributed by atoms with E-state index in [1.165, 1.54) is 7.05 Å². The first kappa shape index (κ1) is 8.83. The summed E-state index contributed by atoms with van der Waals surface area (Å²) >= 11 is 0. The minimum Gasteiger partial charge on any atom is -0.386 e. The second-order valence-electron chi connectivity index (χ2n) is 2.17. The van der Waals surface area contributed by atoms with Gasteiger partial charge in [-0.15, -0.1) is 0 Å². The van der Waals surface area contributed by atoms with Gasteiger partial charge in [0.05, 0.1) is 17.4 Å². The molecule has 0 saturated heterocycles. The van der Waals surface area contributed by atoms with Gasteiger partial charge >= 0.3 is 6.18 Å². The molecule has 0 bridgehead atoms. The van der Waals surface area contributed by atoms with E-state index in [0.29, 0.717) is 0 Å². The van der Waals surface area contributed by atoms with E-state index in [4.69, 9.17) is 0 Å². The van der Waals surface area contributed by atoms with Gasteiger partial charge in [-0.25, -0.2) is 0 Å². The van der Waals surface area contributed by atoms with Gasteiger partial charge < -0.3 is 5.32 Å². The highest BCUT2D eigenvalue weighted by Crippen LogP contribution is 2.33. The maximum absolute atomic E-state index is 12.2. The van der Waals surface area contributed by atoms with Gasteiger partial charge in [-0.05, 0) is 6.07 Å². The van der Waals surface area contributed by atoms with Crippen molar-refractivity contribution in [1.82, 2.24) is 4.98 Å². The van der Waals surface area contributed by atoms with E-state index in [1.54, 1.807) is 0 Å². The normalized spacial score (nSPS) is 11.3. The number of nitrogens with zero attached hydrogens (tertiary/aromatic N) is 1. The summed E-state index contributed by atoms with van der Waals surface area (Å²) < 4.78 is 36.5. The number of aromatic nitrogens is 1. The zero-order valence-corrected chi connectivity index (χ0v) is 6.31. The maximum Gasteiger partial charge on any atom is 0.418 e. The molecule has 0 atom stereocenters. The Labute approximate surface area is 67.4 Å². The molecule has 5 heteroatoms. The molecule has 66 valence electrons. The Morgan fingerprint density at radius 2 is 2.08 bits per heavy atom. The van der Waals surface area contributed by atoms with E-state index in [-0.39, 0.29) is 5.69 Å². The van der Waals surface area contributed by atoms with Crippen molar-refractivity contribution in [3.05, 3.63) is 24.0 Å². The smallest absolute Gasteiger partial charge is 0.386 e. The lowest BCUT2D eigenvalue weighted by atomic mass is 10.2. The van der Waals surface area contributed by atoms with Crippen LogP contribution in [0.3, 0.4) is 0 Å². The number of nitrogens with one attached hydrogen (secondary N) is 1. The van der Waals surface area contributed by atoms with Crippen molar-refractivity contribution >= 4 is 5.69 Å². The molecule has 1 rings (SSSR count). The highest BCUT2D eigenvalue weighted by molar-refractivity contribution is 5.49. The minimum absolute atomic E-state index is 0.00926. The Balaban J connectivity index is 3.14.